The Hall–Kier alpha value is -2.73. The minimum atomic E-state index is -3.51. The van der Waals surface area contributed by atoms with E-state index in [1.165, 1.54) is 15.4 Å². The van der Waals surface area contributed by atoms with Crippen LogP contribution in [0.1, 0.15) is 29.9 Å². The highest BCUT2D eigenvalue weighted by Crippen LogP contribution is 2.29. The molecule has 33 heavy (non-hydrogen) atoms. The van der Waals surface area contributed by atoms with Gasteiger partial charge in [-0.2, -0.15) is 4.31 Å². The first-order chi connectivity index (χ1) is 16.0. The van der Waals surface area contributed by atoms with E-state index in [-0.39, 0.29) is 0 Å². The minimum Gasteiger partial charge on any atom is -0.299 e. The zero-order chi connectivity index (χ0) is 23.1. The number of likely N-dealkylation sites (tertiary alicyclic amines) is 1. The van der Waals surface area contributed by atoms with E-state index in [2.05, 4.69) is 53.4 Å². The van der Waals surface area contributed by atoms with Crippen LogP contribution >= 0.6 is 0 Å². The van der Waals surface area contributed by atoms with Gasteiger partial charge >= 0.3 is 0 Å². The van der Waals surface area contributed by atoms with Gasteiger partial charge in [0.15, 0.2) is 0 Å². The summed E-state index contributed by atoms with van der Waals surface area (Å²) in [5, 5.41) is 0. The van der Waals surface area contributed by atoms with Crippen LogP contribution in [0.3, 0.4) is 0 Å². The SMILES string of the molecule is CN(C/C=C(/CN1CCC(c2ccccc2)CC1)c1ccccc1)S(=O)(=O)c1ccccc1. The number of rotatable bonds is 8. The number of benzene rings is 3. The third-order valence-electron chi connectivity index (χ3n) is 6.44. The summed E-state index contributed by atoms with van der Waals surface area (Å²) in [4.78, 5) is 2.81. The molecule has 1 heterocycles. The van der Waals surface area contributed by atoms with E-state index in [1.807, 2.05) is 24.3 Å². The number of nitrogens with zero attached hydrogens (tertiary/aromatic N) is 2. The third kappa shape index (κ3) is 5.99. The Bertz CT molecular complexity index is 1140. The van der Waals surface area contributed by atoms with Crippen LogP contribution in [0.2, 0.25) is 0 Å². The maximum atomic E-state index is 12.9. The second-order valence-corrected chi connectivity index (χ2v) is 10.7. The van der Waals surface area contributed by atoms with Gasteiger partial charge < -0.3 is 0 Å². The van der Waals surface area contributed by atoms with Crippen molar-refractivity contribution in [3.63, 3.8) is 0 Å². The van der Waals surface area contributed by atoms with Crippen molar-refractivity contribution in [2.24, 2.45) is 0 Å². The zero-order valence-electron chi connectivity index (χ0n) is 19.2. The molecule has 3 aromatic rings. The van der Waals surface area contributed by atoms with E-state index in [1.54, 1.807) is 31.3 Å². The van der Waals surface area contributed by atoms with Crippen LogP contribution in [0, 0.1) is 0 Å². The van der Waals surface area contributed by atoms with E-state index < -0.39 is 10.0 Å². The first-order valence-corrected chi connectivity index (χ1v) is 13.0. The monoisotopic (exact) mass is 460 g/mol. The number of piperidine rings is 1. The van der Waals surface area contributed by atoms with Crippen LogP contribution < -0.4 is 0 Å². The molecule has 1 aliphatic rings. The van der Waals surface area contributed by atoms with Crippen molar-refractivity contribution >= 4 is 15.6 Å². The van der Waals surface area contributed by atoms with Gasteiger partial charge in [-0.15, -0.1) is 0 Å². The second-order valence-electron chi connectivity index (χ2n) is 8.66. The van der Waals surface area contributed by atoms with Crippen LogP contribution in [0.4, 0.5) is 0 Å². The molecule has 1 aliphatic heterocycles. The minimum absolute atomic E-state index is 0.324. The Morgan fingerprint density at radius 3 is 2.03 bits per heavy atom. The maximum Gasteiger partial charge on any atom is 0.243 e. The molecule has 1 fully saturated rings. The molecule has 3 aromatic carbocycles. The van der Waals surface area contributed by atoms with Crippen molar-refractivity contribution in [1.29, 1.82) is 0 Å². The van der Waals surface area contributed by atoms with E-state index in [4.69, 9.17) is 0 Å². The van der Waals surface area contributed by atoms with Gasteiger partial charge in [-0.25, -0.2) is 8.42 Å². The van der Waals surface area contributed by atoms with Crippen molar-refractivity contribution in [1.82, 2.24) is 9.21 Å². The number of likely N-dealkylation sites (N-methyl/N-ethyl adjacent to an activating group) is 1. The average molecular weight is 461 g/mol. The Morgan fingerprint density at radius 2 is 1.42 bits per heavy atom. The fraction of sp³-hybridized carbons (Fsp3) is 0.286. The standard InChI is InChI=1S/C28H32N2O2S/c1-29(33(31,32)28-15-9-4-10-16-28)20-17-27(25-13-7-3-8-14-25)23-30-21-18-26(19-22-30)24-11-5-2-6-12-24/h2-17,26H,18-23H2,1H3/b27-17-. The summed E-state index contributed by atoms with van der Waals surface area (Å²) in [7, 11) is -1.87. The van der Waals surface area contributed by atoms with Gasteiger partial charge in [-0.3, -0.25) is 4.90 Å². The van der Waals surface area contributed by atoms with Crippen molar-refractivity contribution in [2.75, 3.05) is 33.2 Å². The molecule has 0 amide bonds. The molecule has 4 rings (SSSR count). The van der Waals surface area contributed by atoms with Gasteiger partial charge in [0.25, 0.3) is 0 Å². The zero-order valence-corrected chi connectivity index (χ0v) is 20.0. The summed E-state index contributed by atoms with van der Waals surface area (Å²) < 4.78 is 27.3. The normalized spacial score (nSPS) is 16.2. The third-order valence-corrected chi connectivity index (χ3v) is 8.28. The van der Waals surface area contributed by atoms with Crippen molar-refractivity contribution < 1.29 is 8.42 Å². The van der Waals surface area contributed by atoms with Gasteiger partial charge in [0.05, 0.1) is 4.90 Å². The lowest BCUT2D eigenvalue weighted by atomic mass is 9.89. The van der Waals surface area contributed by atoms with Crippen molar-refractivity contribution in [3.05, 3.63) is 108 Å². The summed E-state index contributed by atoms with van der Waals surface area (Å²) in [6.07, 6.45) is 4.36. The van der Waals surface area contributed by atoms with E-state index in [0.29, 0.717) is 17.4 Å². The van der Waals surface area contributed by atoms with Crippen molar-refractivity contribution in [3.8, 4) is 0 Å². The fourth-order valence-electron chi connectivity index (χ4n) is 4.43. The summed E-state index contributed by atoms with van der Waals surface area (Å²) in [6.45, 7) is 3.25. The summed E-state index contributed by atoms with van der Waals surface area (Å²) in [5.74, 6) is 0.619. The van der Waals surface area contributed by atoms with Gasteiger partial charge in [0.2, 0.25) is 10.0 Å². The molecule has 0 N–H and O–H groups in total. The molecule has 0 radical (unpaired) electrons. The molecule has 0 bridgehead atoms. The van der Waals surface area contributed by atoms with Crippen LogP contribution in [0.5, 0.6) is 0 Å². The van der Waals surface area contributed by atoms with Crippen LogP contribution in [0.15, 0.2) is 102 Å². The van der Waals surface area contributed by atoms with E-state index >= 15 is 0 Å². The lowest BCUT2D eigenvalue weighted by Crippen LogP contribution is -2.34. The Morgan fingerprint density at radius 1 is 0.879 bits per heavy atom. The molecule has 4 nitrogen and oxygen atoms in total. The lowest BCUT2D eigenvalue weighted by Gasteiger charge is -2.33. The number of hydrogen-bond donors (Lipinski definition) is 0. The summed E-state index contributed by atoms with van der Waals surface area (Å²) in [6, 6.07) is 29.7. The fourth-order valence-corrected chi connectivity index (χ4v) is 5.56. The highest BCUT2D eigenvalue weighted by Gasteiger charge is 2.22. The summed E-state index contributed by atoms with van der Waals surface area (Å²) in [5.41, 5.74) is 3.75. The topological polar surface area (TPSA) is 40.6 Å². The van der Waals surface area contributed by atoms with Gasteiger partial charge in [-0.05, 0) is 60.7 Å². The quantitative estimate of drug-likeness (QED) is 0.460. The predicted octanol–water partition coefficient (Wildman–Crippen LogP) is 5.27. The Kier molecular flexibility index (Phi) is 7.76. The highest BCUT2D eigenvalue weighted by atomic mass is 32.2. The lowest BCUT2D eigenvalue weighted by molar-refractivity contribution is 0.235. The molecule has 0 aliphatic carbocycles. The largest absolute Gasteiger partial charge is 0.299 e. The number of hydrogen-bond acceptors (Lipinski definition) is 3. The molecule has 0 spiro atoms. The van der Waals surface area contributed by atoms with Crippen LogP contribution in [-0.2, 0) is 10.0 Å². The summed E-state index contributed by atoms with van der Waals surface area (Å²) >= 11 is 0. The van der Waals surface area contributed by atoms with E-state index in [9.17, 15) is 8.42 Å². The first-order valence-electron chi connectivity index (χ1n) is 11.6. The molecule has 0 aromatic heterocycles. The van der Waals surface area contributed by atoms with Crippen molar-refractivity contribution in [2.45, 2.75) is 23.7 Å². The van der Waals surface area contributed by atoms with Crippen LogP contribution in [-0.4, -0.2) is 50.8 Å². The molecule has 172 valence electrons. The first kappa shape index (κ1) is 23.4. The highest BCUT2D eigenvalue weighted by molar-refractivity contribution is 7.89. The molecule has 0 unspecified atom stereocenters. The Labute approximate surface area is 198 Å². The molecule has 1 saturated heterocycles. The smallest absolute Gasteiger partial charge is 0.243 e. The Balaban J connectivity index is 1.45. The molecular weight excluding hydrogens is 428 g/mol. The van der Waals surface area contributed by atoms with Gasteiger partial charge in [-0.1, -0.05) is 84.9 Å². The second kappa shape index (κ2) is 10.9. The predicted molar refractivity (Wildman–Crippen MR) is 136 cm³/mol. The van der Waals surface area contributed by atoms with Gasteiger partial charge in [0.1, 0.15) is 0 Å². The number of sulfonamides is 1. The van der Waals surface area contributed by atoms with Gasteiger partial charge in [0, 0.05) is 20.1 Å². The molecular formula is C28H32N2O2S. The average Bonchev–Trinajstić information content (AvgIpc) is 2.88. The molecule has 0 saturated carbocycles. The molecule has 0 atom stereocenters. The molecule has 5 heteroatoms. The van der Waals surface area contributed by atoms with E-state index in [0.717, 1.165) is 38.0 Å². The van der Waals surface area contributed by atoms with Crippen LogP contribution in [0.25, 0.3) is 5.57 Å². The maximum absolute atomic E-state index is 12.9.